The van der Waals surface area contributed by atoms with Gasteiger partial charge in [-0.2, -0.15) is 0 Å². The van der Waals surface area contributed by atoms with Crippen molar-refractivity contribution < 1.29 is 9.53 Å². The second kappa shape index (κ2) is 4.99. The fourth-order valence-electron chi connectivity index (χ4n) is 8.27. The van der Waals surface area contributed by atoms with Crippen LogP contribution < -0.4 is 0 Å². The van der Waals surface area contributed by atoms with Gasteiger partial charge in [0.25, 0.3) is 0 Å². The number of ether oxygens (including phenoxy) is 1. The molecule has 2 heteroatoms. The summed E-state index contributed by atoms with van der Waals surface area (Å²) in [5.74, 6) is 0.275. The van der Waals surface area contributed by atoms with Crippen LogP contribution in [0.15, 0.2) is 66.7 Å². The van der Waals surface area contributed by atoms with Crippen LogP contribution in [0.1, 0.15) is 45.1 Å². The quantitative estimate of drug-likeness (QED) is 0.289. The van der Waals surface area contributed by atoms with Gasteiger partial charge in [-0.05, 0) is 64.3 Å². The van der Waals surface area contributed by atoms with E-state index in [0.717, 1.165) is 12.8 Å². The summed E-state index contributed by atoms with van der Waals surface area (Å²) in [4.78, 5) is 12.1. The summed E-state index contributed by atoms with van der Waals surface area (Å²) in [5.41, 5.74) is 1.54. The number of fused-ring (bicyclic) bond motifs is 6. The zero-order chi connectivity index (χ0) is 20.4. The Balaban J connectivity index is 1.53. The number of carbonyl (C=O) groups is 1. The Morgan fingerprint density at radius 1 is 1.00 bits per heavy atom. The molecule has 7 rings (SSSR count). The molecule has 5 atom stereocenters. The summed E-state index contributed by atoms with van der Waals surface area (Å²) in [6, 6.07) is 20.0. The average Bonchev–Trinajstić information content (AvgIpc) is 3.52. The van der Waals surface area contributed by atoms with Gasteiger partial charge in [0.1, 0.15) is 5.60 Å². The standard InChI is InChI=1S/C28H26O2/c1-18(29)30-28-17-25(28,2)16-26-13-7-8-14-27(26,24(26)28)23-15-19-9-3-4-10-20(19)21-11-5-6-12-22(21)23/h3-6,8-12,14-15,24H,7,13,16-17H2,1-2H3/t24-,25-,26?,27-,28+/m0/s1. The minimum Gasteiger partial charge on any atom is -0.458 e. The topological polar surface area (TPSA) is 26.3 Å². The van der Waals surface area contributed by atoms with E-state index in [1.54, 1.807) is 6.92 Å². The zero-order valence-corrected chi connectivity index (χ0v) is 17.6. The fraction of sp³-hybridized carbons (Fsp3) is 0.393. The molecule has 3 fully saturated rings. The first-order valence-corrected chi connectivity index (χ1v) is 11.3. The molecule has 0 saturated heterocycles. The Bertz CT molecular complexity index is 1300. The lowest BCUT2D eigenvalue weighted by Crippen LogP contribution is -2.31. The molecule has 0 radical (unpaired) electrons. The molecule has 0 aromatic heterocycles. The maximum atomic E-state index is 12.1. The Morgan fingerprint density at radius 3 is 2.53 bits per heavy atom. The number of benzene rings is 3. The maximum Gasteiger partial charge on any atom is 0.303 e. The first-order valence-electron chi connectivity index (χ1n) is 11.3. The Kier molecular flexibility index (Phi) is 2.85. The van der Waals surface area contributed by atoms with E-state index in [9.17, 15) is 4.79 Å². The summed E-state index contributed by atoms with van der Waals surface area (Å²) in [6.45, 7) is 3.93. The third-order valence-corrected chi connectivity index (χ3v) is 9.15. The van der Waals surface area contributed by atoms with Crippen LogP contribution in [0.3, 0.4) is 0 Å². The molecule has 1 unspecified atom stereocenters. The van der Waals surface area contributed by atoms with Crippen molar-refractivity contribution in [3.63, 3.8) is 0 Å². The Hall–Kier alpha value is -2.61. The summed E-state index contributed by atoms with van der Waals surface area (Å²) >= 11 is 0. The van der Waals surface area contributed by atoms with Crippen molar-refractivity contribution in [3.05, 3.63) is 72.3 Å². The smallest absolute Gasteiger partial charge is 0.303 e. The second-order valence-corrected chi connectivity index (χ2v) is 10.5. The molecule has 0 bridgehead atoms. The molecule has 0 heterocycles. The molecule has 3 aromatic rings. The third kappa shape index (κ3) is 1.66. The molecular formula is C28H26O2. The van der Waals surface area contributed by atoms with Gasteiger partial charge in [-0.3, -0.25) is 4.79 Å². The molecule has 0 aliphatic heterocycles. The first kappa shape index (κ1) is 17.1. The predicted molar refractivity (Wildman–Crippen MR) is 119 cm³/mol. The molecular weight excluding hydrogens is 368 g/mol. The van der Waals surface area contributed by atoms with Crippen LogP contribution in [0.2, 0.25) is 0 Å². The van der Waals surface area contributed by atoms with E-state index in [1.807, 2.05) is 0 Å². The SMILES string of the molecule is CC(=O)O[C@@]12C[C@]1(C)CC13CCC=C[C@]1(c1cc4ccccc4c4ccccc14)[C@H]32. The molecule has 150 valence electrons. The summed E-state index contributed by atoms with van der Waals surface area (Å²) in [7, 11) is 0. The van der Waals surface area contributed by atoms with Crippen molar-refractivity contribution in [1.82, 2.24) is 0 Å². The Labute approximate surface area is 176 Å². The second-order valence-electron chi connectivity index (χ2n) is 10.5. The van der Waals surface area contributed by atoms with Crippen LogP contribution in [0.5, 0.6) is 0 Å². The summed E-state index contributed by atoms with van der Waals surface area (Å²) in [6.07, 6.45) is 9.41. The van der Waals surface area contributed by atoms with E-state index in [4.69, 9.17) is 4.74 Å². The van der Waals surface area contributed by atoms with E-state index in [1.165, 1.54) is 39.9 Å². The number of carbonyl (C=O) groups excluding carboxylic acids is 1. The number of hydrogen-bond donors (Lipinski definition) is 0. The predicted octanol–water partition coefficient (Wildman–Crippen LogP) is 6.31. The zero-order valence-electron chi connectivity index (χ0n) is 17.6. The highest BCUT2D eigenvalue weighted by molar-refractivity contribution is 6.09. The molecule has 1 spiro atoms. The molecule has 0 amide bonds. The number of rotatable bonds is 2. The number of esters is 1. The van der Waals surface area contributed by atoms with Gasteiger partial charge in [0, 0.05) is 23.7 Å². The minimum absolute atomic E-state index is 0.0135. The van der Waals surface area contributed by atoms with Gasteiger partial charge in [-0.1, -0.05) is 67.6 Å². The fourth-order valence-corrected chi connectivity index (χ4v) is 8.27. The van der Waals surface area contributed by atoms with Crippen LogP contribution >= 0.6 is 0 Å². The largest absolute Gasteiger partial charge is 0.458 e. The Morgan fingerprint density at radius 2 is 1.73 bits per heavy atom. The van der Waals surface area contributed by atoms with Crippen LogP contribution in [0.4, 0.5) is 0 Å². The van der Waals surface area contributed by atoms with E-state index in [0.29, 0.717) is 5.92 Å². The van der Waals surface area contributed by atoms with E-state index in [2.05, 4.69) is 73.7 Å². The summed E-state index contributed by atoms with van der Waals surface area (Å²) in [5, 5.41) is 5.31. The van der Waals surface area contributed by atoms with Crippen molar-refractivity contribution >= 4 is 27.5 Å². The molecule has 4 aliphatic rings. The van der Waals surface area contributed by atoms with Gasteiger partial charge in [0.05, 0.1) is 0 Å². The monoisotopic (exact) mass is 394 g/mol. The molecule has 4 aliphatic carbocycles. The van der Waals surface area contributed by atoms with Crippen LogP contribution in [-0.2, 0) is 14.9 Å². The van der Waals surface area contributed by atoms with Gasteiger partial charge in [-0.15, -0.1) is 0 Å². The van der Waals surface area contributed by atoms with Gasteiger partial charge in [0.15, 0.2) is 0 Å². The van der Waals surface area contributed by atoms with Gasteiger partial charge < -0.3 is 4.74 Å². The minimum atomic E-state index is -0.278. The lowest BCUT2D eigenvalue weighted by molar-refractivity contribution is -0.151. The third-order valence-electron chi connectivity index (χ3n) is 9.15. The van der Waals surface area contributed by atoms with E-state index >= 15 is 0 Å². The van der Waals surface area contributed by atoms with E-state index in [-0.39, 0.29) is 27.8 Å². The van der Waals surface area contributed by atoms with Crippen LogP contribution in [0, 0.1) is 16.7 Å². The highest BCUT2D eigenvalue weighted by Crippen LogP contribution is 2.94. The normalized spacial score (nSPS) is 40.0. The molecule has 30 heavy (non-hydrogen) atoms. The van der Waals surface area contributed by atoms with Crippen molar-refractivity contribution in [2.24, 2.45) is 16.7 Å². The summed E-state index contributed by atoms with van der Waals surface area (Å²) < 4.78 is 6.19. The molecule has 3 aromatic carbocycles. The molecule has 3 saturated carbocycles. The van der Waals surface area contributed by atoms with Crippen molar-refractivity contribution in [2.75, 3.05) is 0 Å². The lowest BCUT2D eigenvalue weighted by Gasteiger charge is -2.32. The first-order chi connectivity index (χ1) is 14.5. The van der Waals surface area contributed by atoms with E-state index < -0.39 is 0 Å². The number of hydrogen-bond acceptors (Lipinski definition) is 2. The van der Waals surface area contributed by atoms with Crippen LogP contribution in [0.25, 0.3) is 21.5 Å². The van der Waals surface area contributed by atoms with Gasteiger partial charge in [-0.25, -0.2) is 0 Å². The maximum absolute atomic E-state index is 12.1. The molecule has 2 nitrogen and oxygen atoms in total. The average molecular weight is 395 g/mol. The van der Waals surface area contributed by atoms with Crippen molar-refractivity contribution in [3.8, 4) is 0 Å². The van der Waals surface area contributed by atoms with Crippen molar-refractivity contribution in [2.45, 2.75) is 50.5 Å². The lowest BCUT2D eigenvalue weighted by atomic mass is 9.72. The number of allylic oxidation sites excluding steroid dienone is 2. The highest BCUT2D eigenvalue weighted by Gasteiger charge is 2.96. The molecule has 0 N–H and O–H groups in total. The van der Waals surface area contributed by atoms with Crippen molar-refractivity contribution in [1.29, 1.82) is 0 Å². The van der Waals surface area contributed by atoms with Gasteiger partial charge in [0.2, 0.25) is 0 Å². The van der Waals surface area contributed by atoms with Gasteiger partial charge >= 0.3 is 5.97 Å². The highest BCUT2D eigenvalue weighted by atomic mass is 16.6. The van der Waals surface area contributed by atoms with Crippen LogP contribution in [-0.4, -0.2) is 11.6 Å².